The van der Waals surface area contributed by atoms with Crippen molar-refractivity contribution in [1.82, 2.24) is 19.7 Å². The van der Waals surface area contributed by atoms with Crippen molar-refractivity contribution in [3.8, 4) is 0 Å². The van der Waals surface area contributed by atoms with Gasteiger partial charge in [0.05, 0.1) is 6.04 Å². The summed E-state index contributed by atoms with van der Waals surface area (Å²) in [5.41, 5.74) is 2.14. The van der Waals surface area contributed by atoms with Crippen LogP contribution in [0, 0.1) is 0 Å². The number of benzene rings is 1. The number of carbonyl (C=O) groups is 2. The Morgan fingerprint density at radius 2 is 2.07 bits per heavy atom. The molecule has 1 spiro atoms. The fourth-order valence-electron chi connectivity index (χ4n) is 4.58. The Labute approximate surface area is 162 Å². The first-order chi connectivity index (χ1) is 13.6. The predicted octanol–water partition coefficient (Wildman–Crippen LogP) is 2.29. The molecular formula is C21H19N5O2. The van der Waals surface area contributed by atoms with Gasteiger partial charge in [-0.05, 0) is 35.7 Å². The van der Waals surface area contributed by atoms with Gasteiger partial charge in [-0.15, -0.1) is 0 Å². The maximum atomic E-state index is 13.3. The summed E-state index contributed by atoms with van der Waals surface area (Å²) in [7, 11) is 1.78. The lowest BCUT2D eigenvalue weighted by atomic mass is 9.73. The van der Waals surface area contributed by atoms with Crippen LogP contribution in [-0.2, 0) is 17.3 Å². The normalized spacial score (nSPS) is 23.1. The second kappa shape index (κ2) is 6.02. The fourth-order valence-corrected chi connectivity index (χ4v) is 4.58. The monoisotopic (exact) mass is 373 g/mol. The van der Waals surface area contributed by atoms with Crippen LogP contribution < -0.4 is 5.32 Å². The van der Waals surface area contributed by atoms with Gasteiger partial charge in [-0.25, -0.2) is 0 Å². The van der Waals surface area contributed by atoms with E-state index in [4.69, 9.17) is 0 Å². The van der Waals surface area contributed by atoms with Crippen LogP contribution in [0.4, 0.5) is 5.69 Å². The minimum Gasteiger partial charge on any atom is -0.329 e. The summed E-state index contributed by atoms with van der Waals surface area (Å²) in [5.74, 6) is -0.248. The molecule has 0 aliphatic carbocycles. The summed E-state index contributed by atoms with van der Waals surface area (Å²) >= 11 is 0. The molecule has 2 unspecified atom stereocenters. The molecule has 140 valence electrons. The minimum absolute atomic E-state index is 0.0705. The Morgan fingerprint density at radius 1 is 1.21 bits per heavy atom. The summed E-state index contributed by atoms with van der Waals surface area (Å²) in [6.45, 7) is 0.469. The lowest BCUT2D eigenvalue weighted by Crippen LogP contribution is -2.42. The molecular weight excluding hydrogens is 354 g/mol. The van der Waals surface area contributed by atoms with E-state index in [0.29, 0.717) is 18.7 Å². The first-order valence-electron chi connectivity index (χ1n) is 9.23. The summed E-state index contributed by atoms with van der Waals surface area (Å²) in [6.07, 6.45) is 5.73. The van der Waals surface area contributed by atoms with E-state index in [9.17, 15) is 9.59 Å². The average molecular weight is 373 g/mol. The molecule has 4 heterocycles. The van der Waals surface area contributed by atoms with Crippen LogP contribution in [0.15, 0.2) is 61.1 Å². The summed E-state index contributed by atoms with van der Waals surface area (Å²) in [4.78, 5) is 32.6. The number of anilines is 1. The number of aromatic nitrogens is 3. The van der Waals surface area contributed by atoms with E-state index in [-0.39, 0.29) is 11.8 Å². The molecule has 7 nitrogen and oxygen atoms in total. The number of hydrogen-bond donors (Lipinski definition) is 1. The molecule has 0 saturated carbocycles. The first-order valence-corrected chi connectivity index (χ1v) is 9.23. The number of likely N-dealkylation sites (tertiary alicyclic amines) is 1. The fraction of sp³-hybridized carbons (Fsp3) is 0.238. The summed E-state index contributed by atoms with van der Waals surface area (Å²) < 4.78 is 1.61. The van der Waals surface area contributed by atoms with E-state index < -0.39 is 11.5 Å². The molecule has 2 atom stereocenters. The molecule has 28 heavy (non-hydrogen) atoms. The Kier molecular flexibility index (Phi) is 3.58. The topological polar surface area (TPSA) is 80.1 Å². The molecule has 2 aromatic heterocycles. The molecule has 1 fully saturated rings. The van der Waals surface area contributed by atoms with E-state index in [1.54, 1.807) is 41.3 Å². The maximum absolute atomic E-state index is 13.3. The lowest BCUT2D eigenvalue weighted by molar-refractivity contribution is -0.121. The molecule has 0 radical (unpaired) electrons. The van der Waals surface area contributed by atoms with Crippen LogP contribution in [0.3, 0.4) is 0 Å². The first kappa shape index (κ1) is 16.7. The number of nitrogens with one attached hydrogen (secondary N) is 1. The maximum Gasteiger partial charge on any atom is 0.274 e. The van der Waals surface area contributed by atoms with Gasteiger partial charge in [0.15, 0.2) is 0 Å². The van der Waals surface area contributed by atoms with Gasteiger partial charge in [0.2, 0.25) is 5.91 Å². The van der Waals surface area contributed by atoms with Crippen LogP contribution in [-0.4, -0.2) is 38.0 Å². The zero-order valence-electron chi connectivity index (χ0n) is 15.4. The van der Waals surface area contributed by atoms with Gasteiger partial charge in [-0.2, -0.15) is 5.10 Å². The highest BCUT2D eigenvalue weighted by atomic mass is 16.2. The second-order valence-corrected chi connectivity index (χ2v) is 7.28. The molecule has 1 aromatic carbocycles. The number of rotatable bonds is 2. The quantitative estimate of drug-likeness (QED) is 0.747. The third-order valence-corrected chi connectivity index (χ3v) is 5.78. The molecule has 0 bridgehead atoms. The van der Waals surface area contributed by atoms with Crippen molar-refractivity contribution < 1.29 is 9.59 Å². The second-order valence-electron chi connectivity index (χ2n) is 7.28. The van der Waals surface area contributed by atoms with Crippen LogP contribution in [0.2, 0.25) is 0 Å². The number of pyridine rings is 1. The number of nitrogens with zero attached hydrogens (tertiary/aromatic N) is 4. The largest absolute Gasteiger partial charge is 0.329 e. The van der Waals surface area contributed by atoms with Gasteiger partial charge >= 0.3 is 0 Å². The van der Waals surface area contributed by atoms with Crippen molar-refractivity contribution in [2.75, 3.05) is 11.9 Å². The summed E-state index contributed by atoms with van der Waals surface area (Å²) in [6, 6.07) is 12.8. The molecule has 3 aromatic rings. The van der Waals surface area contributed by atoms with E-state index in [0.717, 1.165) is 16.8 Å². The van der Waals surface area contributed by atoms with E-state index >= 15 is 0 Å². The molecule has 2 aliphatic heterocycles. The molecule has 2 aliphatic rings. The number of carbonyl (C=O) groups excluding carboxylic acids is 2. The Bertz CT molecular complexity index is 1080. The smallest absolute Gasteiger partial charge is 0.274 e. The summed E-state index contributed by atoms with van der Waals surface area (Å²) in [5, 5.41) is 7.29. The van der Waals surface area contributed by atoms with Crippen molar-refractivity contribution in [3.63, 3.8) is 0 Å². The number of para-hydroxylation sites is 1. The van der Waals surface area contributed by atoms with Gasteiger partial charge in [0.1, 0.15) is 11.1 Å². The number of amides is 2. The predicted molar refractivity (Wildman–Crippen MR) is 103 cm³/mol. The van der Waals surface area contributed by atoms with E-state index in [1.807, 2.05) is 36.4 Å². The van der Waals surface area contributed by atoms with Crippen molar-refractivity contribution in [2.45, 2.75) is 17.9 Å². The Balaban J connectivity index is 1.67. The Morgan fingerprint density at radius 3 is 2.82 bits per heavy atom. The molecule has 5 rings (SSSR count). The van der Waals surface area contributed by atoms with Crippen LogP contribution >= 0.6 is 0 Å². The van der Waals surface area contributed by atoms with E-state index in [2.05, 4.69) is 15.4 Å². The molecule has 1 saturated heterocycles. The van der Waals surface area contributed by atoms with E-state index in [1.165, 1.54) is 0 Å². The zero-order valence-corrected chi connectivity index (χ0v) is 15.4. The number of fused-ring (bicyclic) bond motifs is 2. The van der Waals surface area contributed by atoms with Crippen LogP contribution in [0.1, 0.15) is 34.1 Å². The van der Waals surface area contributed by atoms with Crippen molar-refractivity contribution in [3.05, 3.63) is 77.9 Å². The SMILES string of the molecule is Cn1ccc(C(=O)N2CCC3(C(=O)Nc4ccccc43)C2c2cccnc2)n1. The molecule has 1 N–H and O–H groups in total. The third kappa shape index (κ3) is 2.22. The Hall–Kier alpha value is -3.48. The number of aryl methyl sites for hydroxylation is 1. The highest BCUT2D eigenvalue weighted by Crippen LogP contribution is 2.54. The van der Waals surface area contributed by atoms with Crippen LogP contribution in [0.5, 0.6) is 0 Å². The van der Waals surface area contributed by atoms with Gasteiger partial charge in [0.25, 0.3) is 5.91 Å². The average Bonchev–Trinajstić information content (AvgIpc) is 3.40. The number of hydrogen-bond acceptors (Lipinski definition) is 4. The minimum atomic E-state index is -0.829. The highest BCUT2D eigenvalue weighted by molar-refractivity contribution is 6.08. The van der Waals surface area contributed by atoms with Crippen molar-refractivity contribution in [1.29, 1.82) is 0 Å². The van der Waals surface area contributed by atoms with Gasteiger partial charge < -0.3 is 10.2 Å². The van der Waals surface area contributed by atoms with Crippen LogP contribution in [0.25, 0.3) is 0 Å². The third-order valence-electron chi connectivity index (χ3n) is 5.78. The van der Waals surface area contributed by atoms with Crippen molar-refractivity contribution >= 4 is 17.5 Å². The molecule has 7 heteroatoms. The van der Waals surface area contributed by atoms with Gasteiger partial charge in [-0.1, -0.05) is 24.3 Å². The highest BCUT2D eigenvalue weighted by Gasteiger charge is 2.59. The standard InChI is InChI=1S/C21H19N5O2/c1-25-11-8-17(24-25)19(27)26-12-9-21(18(26)14-5-4-10-22-13-14)15-6-2-3-7-16(15)23-20(21)28/h2-8,10-11,13,18H,9,12H2,1H3,(H,23,28). The van der Waals surface area contributed by atoms with Crippen molar-refractivity contribution in [2.24, 2.45) is 7.05 Å². The molecule has 2 amide bonds. The zero-order chi connectivity index (χ0) is 19.3. The van der Waals surface area contributed by atoms with Gasteiger partial charge in [-0.3, -0.25) is 19.3 Å². The lowest BCUT2D eigenvalue weighted by Gasteiger charge is -2.33. The van der Waals surface area contributed by atoms with Gasteiger partial charge in [0, 0.05) is 37.9 Å².